The van der Waals surface area contributed by atoms with E-state index in [1.807, 2.05) is 18.9 Å². The molecule has 5 heterocycles. The Morgan fingerprint density at radius 3 is 2.73 bits per heavy atom. The first kappa shape index (κ1) is 22.9. The molecular formula is C21H28N6O6. The van der Waals surface area contributed by atoms with Crippen LogP contribution in [0.5, 0.6) is 0 Å². The molecule has 2 amide bonds. The monoisotopic (exact) mass is 460 g/mol. The van der Waals surface area contributed by atoms with Crippen LogP contribution in [0.1, 0.15) is 40.4 Å². The van der Waals surface area contributed by atoms with Gasteiger partial charge >= 0.3 is 0 Å². The number of carbonyl (C=O) groups is 3. The number of carboxylic acid groups (broad SMARTS) is 1. The molecule has 3 fully saturated rings. The molecule has 0 radical (unpaired) electrons. The summed E-state index contributed by atoms with van der Waals surface area (Å²) < 4.78 is 12.8. The molecule has 2 bridgehead atoms. The molecule has 178 valence electrons. The zero-order valence-electron chi connectivity index (χ0n) is 18.9. The van der Waals surface area contributed by atoms with Gasteiger partial charge in [-0.1, -0.05) is 10.3 Å². The van der Waals surface area contributed by atoms with Crippen molar-refractivity contribution in [3.63, 3.8) is 0 Å². The summed E-state index contributed by atoms with van der Waals surface area (Å²) in [4.78, 5) is 40.0. The van der Waals surface area contributed by atoms with Gasteiger partial charge in [-0.05, 0) is 26.7 Å². The van der Waals surface area contributed by atoms with Crippen LogP contribution in [-0.4, -0.2) is 79.5 Å². The standard InChI is InChI=1S/C20H26N6O4.CH2O2/c1-11-15(24-30-23-11)6-17(27)26-8-14-13(16-4-5-20(14,9-26)29-16)7-21-19(28)18-12(2)22-10-25(18)3;2-1-3/h10,13-14,16H,4-9H2,1-3H3,(H,21,28);1H,(H,2,3)/t13-,14+,16+,20+;/m0./s1. The van der Waals surface area contributed by atoms with E-state index in [0.717, 1.165) is 12.8 Å². The van der Waals surface area contributed by atoms with E-state index in [2.05, 4.69) is 20.6 Å². The van der Waals surface area contributed by atoms with Gasteiger partial charge in [0.15, 0.2) is 0 Å². The molecule has 0 aliphatic carbocycles. The van der Waals surface area contributed by atoms with Gasteiger partial charge in [-0.3, -0.25) is 14.4 Å². The second-order valence-electron chi connectivity index (χ2n) is 8.88. The van der Waals surface area contributed by atoms with Crippen molar-refractivity contribution in [2.24, 2.45) is 18.9 Å². The summed E-state index contributed by atoms with van der Waals surface area (Å²) in [5.74, 6) is 0.316. The number of imidazole rings is 1. The van der Waals surface area contributed by atoms with E-state index >= 15 is 0 Å². The summed E-state index contributed by atoms with van der Waals surface area (Å²) in [6.07, 6.45) is 3.90. The molecule has 3 saturated heterocycles. The highest BCUT2D eigenvalue weighted by Gasteiger charge is 2.63. The minimum atomic E-state index is -0.282. The molecule has 1 spiro atoms. The van der Waals surface area contributed by atoms with E-state index < -0.39 is 0 Å². The normalized spacial score (nSPS) is 27.1. The molecule has 4 atom stereocenters. The van der Waals surface area contributed by atoms with E-state index in [1.54, 1.807) is 17.8 Å². The fourth-order valence-corrected chi connectivity index (χ4v) is 5.48. The van der Waals surface area contributed by atoms with Crippen molar-refractivity contribution in [1.82, 2.24) is 30.1 Å². The number of aromatic nitrogens is 4. The number of amides is 2. The first-order chi connectivity index (χ1) is 15.8. The van der Waals surface area contributed by atoms with Crippen molar-refractivity contribution < 1.29 is 28.9 Å². The predicted octanol–water partition coefficient (Wildman–Crippen LogP) is 0.0992. The van der Waals surface area contributed by atoms with Crippen LogP contribution in [-0.2, 0) is 27.8 Å². The third-order valence-electron chi connectivity index (χ3n) is 7.04. The highest BCUT2D eigenvalue weighted by Crippen LogP contribution is 2.54. The maximum Gasteiger partial charge on any atom is 0.290 e. The van der Waals surface area contributed by atoms with E-state index in [0.29, 0.717) is 42.4 Å². The van der Waals surface area contributed by atoms with Crippen LogP contribution in [0.3, 0.4) is 0 Å². The summed E-state index contributed by atoms with van der Waals surface area (Å²) in [5.41, 5.74) is 2.23. The highest BCUT2D eigenvalue weighted by molar-refractivity contribution is 5.93. The molecular weight excluding hydrogens is 432 g/mol. The number of fused-ring (bicyclic) bond motifs is 1. The Bertz CT molecular complexity index is 1030. The number of carbonyl (C=O) groups excluding carboxylic acids is 2. The van der Waals surface area contributed by atoms with Crippen molar-refractivity contribution in [2.75, 3.05) is 19.6 Å². The van der Waals surface area contributed by atoms with Crippen LogP contribution in [0, 0.1) is 25.7 Å². The summed E-state index contributed by atoms with van der Waals surface area (Å²) in [6, 6.07) is 0. The van der Waals surface area contributed by atoms with Crippen molar-refractivity contribution in [2.45, 2.75) is 44.8 Å². The number of nitrogens with zero attached hydrogens (tertiary/aromatic N) is 5. The number of nitrogens with one attached hydrogen (secondary N) is 1. The number of hydrogen-bond acceptors (Lipinski definition) is 8. The summed E-state index contributed by atoms with van der Waals surface area (Å²) in [5, 5.41) is 17.5. The maximum atomic E-state index is 12.9. The highest BCUT2D eigenvalue weighted by atomic mass is 16.6. The van der Waals surface area contributed by atoms with Crippen molar-refractivity contribution in [3.05, 3.63) is 29.1 Å². The molecule has 2 aromatic heterocycles. The summed E-state index contributed by atoms with van der Waals surface area (Å²) in [7, 11) is 1.82. The second kappa shape index (κ2) is 8.93. The smallest absolute Gasteiger partial charge is 0.290 e. The van der Waals surface area contributed by atoms with Crippen molar-refractivity contribution >= 4 is 18.3 Å². The van der Waals surface area contributed by atoms with Crippen molar-refractivity contribution in [1.29, 1.82) is 0 Å². The lowest BCUT2D eigenvalue weighted by molar-refractivity contribution is -0.131. The Morgan fingerprint density at radius 1 is 1.33 bits per heavy atom. The molecule has 3 aliphatic rings. The Labute approximate surface area is 190 Å². The maximum absolute atomic E-state index is 12.9. The molecule has 0 aromatic carbocycles. The SMILES string of the molecule is Cc1nonc1CC(=O)N1C[C@@H]2[C@H](CNC(=O)c3c(C)ncn3C)[C@H]3CC[C@]2(C1)O3.O=CO. The van der Waals surface area contributed by atoms with Crippen LogP contribution >= 0.6 is 0 Å². The van der Waals surface area contributed by atoms with Crippen molar-refractivity contribution in [3.8, 4) is 0 Å². The molecule has 12 heteroatoms. The predicted molar refractivity (Wildman–Crippen MR) is 112 cm³/mol. The Balaban J connectivity index is 0.000000821. The van der Waals surface area contributed by atoms with Gasteiger partial charge in [-0.2, -0.15) is 0 Å². The molecule has 3 aliphatic heterocycles. The Kier molecular flexibility index (Phi) is 6.19. The van der Waals surface area contributed by atoms with Gasteiger partial charge in [0, 0.05) is 32.0 Å². The topological polar surface area (TPSA) is 153 Å². The molecule has 2 N–H and O–H groups in total. The lowest BCUT2D eigenvalue weighted by Gasteiger charge is -2.29. The first-order valence-electron chi connectivity index (χ1n) is 10.9. The Morgan fingerprint density at radius 2 is 2.09 bits per heavy atom. The van der Waals surface area contributed by atoms with Crippen LogP contribution in [0.4, 0.5) is 0 Å². The van der Waals surface area contributed by atoms with E-state index in [4.69, 9.17) is 19.3 Å². The minimum Gasteiger partial charge on any atom is -0.483 e. The average molecular weight is 460 g/mol. The molecule has 5 rings (SSSR count). The molecule has 2 aromatic rings. The van der Waals surface area contributed by atoms with Crippen LogP contribution in [0.25, 0.3) is 0 Å². The Hall–Kier alpha value is -3.28. The minimum absolute atomic E-state index is 0.0120. The summed E-state index contributed by atoms with van der Waals surface area (Å²) in [6.45, 7) is 5.14. The van der Waals surface area contributed by atoms with Crippen LogP contribution in [0.15, 0.2) is 11.0 Å². The number of rotatable bonds is 5. The number of aryl methyl sites for hydroxylation is 3. The lowest BCUT2D eigenvalue weighted by atomic mass is 9.73. The lowest BCUT2D eigenvalue weighted by Crippen LogP contribution is -2.42. The number of ether oxygens (including phenoxy) is 1. The van der Waals surface area contributed by atoms with Crippen LogP contribution in [0.2, 0.25) is 0 Å². The van der Waals surface area contributed by atoms with Gasteiger partial charge in [0.05, 0.1) is 36.7 Å². The fourth-order valence-electron chi connectivity index (χ4n) is 5.48. The van der Waals surface area contributed by atoms with Gasteiger partial charge in [0.1, 0.15) is 17.1 Å². The van der Waals surface area contributed by atoms with E-state index in [-0.39, 0.29) is 48.2 Å². The van der Waals surface area contributed by atoms with Gasteiger partial charge in [-0.15, -0.1) is 0 Å². The number of likely N-dealkylation sites (tertiary alicyclic amines) is 1. The van der Waals surface area contributed by atoms with Crippen LogP contribution < -0.4 is 5.32 Å². The fraction of sp³-hybridized carbons (Fsp3) is 0.619. The van der Waals surface area contributed by atoms with E-state index in [1.165, 1.54) is 0 Å². The summed E-state index contributed by atoms with van der Waals surface area (Å²) >= 11 is 0. The van der Waals surface area contributed by atoms with Gasteiger partial charge < -0.3 is 24.6 Å². The third-order valence-corrected chi connectivity index (χ3v) is 7.04. The largest absolute Gasteiger partial charge is 0.483 e. The molecule has 0 saturated carbocycles. The molecule has 12 nitrogen and oxygen atoms in total. The van der Waals surface area contributed by atoms with Gasteiger partial charge in [-0.25, -0.2) is 9.61 Å². The third kappa shape index (κ3) is 4.10. The first-order valence-corrected chi connectivity index (χ1v) is 10.9. The zero-order chi connectivity index (χ0) is 23.8. The zero-order valence-corrected chi connectivity index (χ0v) is 18.9. The van der Waals surface area contributed by atoms with Gasteiger partial charge in [0.25, 0.3) is 12.4 Å². The second-order valence-corrected chi connectivity index (χ2v) is 8.88. The van der Waals surface area contributed by atoms with Gasteiger partial charge in [0.2, 0.25) is 5.91 Å². The molecule has 33 heavy (non-hydrogen) atoms. The van der Waals surface area contributed by atoms with E-state index in [9.17, 15) is 9.59 Å². The number of hydrogen-bond donors (Lipinski definition) is 2. The quantitative estimate of drug-likeness (QED) is 0.592. The average Bonchev–Trinajstić information content (AvgIpc) is 3.56. The molecule has 0 unspecified atom stereocenters.